The second-order valence-electron chi connectivity index (χ2n) is 5.28. The molecular weight excluding hydrogens is 276 g/mol. The van der Waals surface area contributed by atoms with E-state index in [0.29, 0.717) is 0 Å². The summed E-state index contributed by atoms with van der Waals surface area (Å²) in [4.78, 5) is 0. The lowest BCUT2D eigenvalue weighted by atomic mass is 9.94. The standard InChI is InChI=1S/C19H16O3/c1-12-10-18(14-4-8-16(21)9-5-14)19(22)11-17(12)13-2-6-15(20)7-3-13/h2-11,20-22H,1H3. The lowest BCUT2D eigenvalue weighted by Gasteiger charge is -2.12. The van der Waals surface area contributed by atoms with Crippen LogP contribution in [0, 0.1) is 6.92 Å². The zero-order valence-corrected chi connectivity index (χ0v) is 12.1. The summed E-state index contributed by atoms with van der Waals surface area (Å²) in [7, 11) is 0. The molecule has 110 valence electrons. The SMILES string of the molecule is Cc1cc(-c2ccc(O)cc2)c(O)cc1-c1ccc(O)cc1. The summed E-state index contributed by atoms with van der Waals surface area (Å²) in [5.74, 6) is 0.589. The van der Waals surface area contributed by atoms with Crippen LogP contribution in [0.4, 0.5) is 0 Å². The number of rotatable bonds is 2. The van der Waals surface area contributed by atoms with Crippen LogP contribution in [0.25, 0.3) is 22.3 Å². The van der Waals surface area contributed by atoms with Gasteiger partial charge < -0.3 is 15.3 Å². The predicted molar refractivity (Wildman–Crippen MR) is 87.0 cm³/mol. The zero-order valence-electron chi connectivity index (χ0n) is 12.1. The molecule has 0 radical (unpaired) electrons. The van der Waals surface area contributed by atoms with Crippen molar-refractivity contribution in [2.24, 2.45) is 0 Å². The summed E-state index contributed by atoms with van der Waals surface area (Å²) in [5.41, 5.74) is 4.44. The lowest BCUT2D eigenvalue weighted by Crippen LogP contribution is -1.87. The van der Waals surface area contributed by atoms with E-state index in [0.717, 1.165) is 27.8 Å². The smallest absolute Gasteiger partial charge is 0.124 e. The Kier molecular flexibility index (Phi) is 3.47. The Balaban J connectivity index is 2.08. The van der Waals surface area contributed by atoms with Crippen LogP contribution in [0.5, 0.6) is 17.2 Å². The van der Waals surface area contributed by atoms with Crippen molar-refractivity contribution in [2.45, 2.75) is 6.92 Å². The van der Waals surface area contributed by atoms with Gasteiger partial charge in [0.15, 0.2) is 0 Å². The fourth-order valence-corrected chi connectivity index (χ4v) is 2.52. The molecule has 3 heteroatoms. The molecule has 3 aromatic rings. The van der Waals surface area contributed by atoms with E-state index in [2.05, 4.69) is 0 Å². The van der Waals surface area contributed by atoms with Crippen molar-refractivity contribution in [3.8, 4) is 39.5 Å². The third-order valence-corrected chi connectivity index (χ3v) is 3.70. The first-order valence-electron chi connectivity index (χ1n) is 6.97. The maximum absolute atomic E-state index is 10.3. The van der Waals surface area contributed by atoms with E-state index in [1.54, 1.807) is 42.5 Å². The fourth-order valence-electron chi connectivity index (χ4n) is 2.52. The number of phenols is 3. The molecular formula is C19H16O3. The highest BCUT2D eigenvalue weighted by molar-refractivity contribution is 5.78. The van der Waals surface area contributed by atoms with Crippen molar-refractivity contribution in [1.82, 2.24) is 0 Å². The number of aryl methyl sites for hydroxylation is 1. The van der Waals surface area contributed by atoms with E-state index in [1.807, 2.05) is 25.1 Å². The second kappa shape index (κ2) is 5.45. The van der Waals surface area contributed by atoms with Gasteiger partial charge in [0.1, 0.15) is 17.2 Å². The minimum Gasteiger partial charge on any atom is -0.508 e. The Hall–Kier alpha value is -2.94. The van der Waals surface area contributed by atoms with Gasteiger partial charge in [0.2, 0.25) is 0 Å². The fraction of sp³-hybridized carbons (Fsp3) is 0.0526. The van der Waals surface area contributed by atoms with Crippen LogP contribution in [0.3, 0.4) is 0 Å². The van der Waals surface area contributed by atoms with Crippen molar-refractivity contribution in [3.63, 3.8) is 0 Å². The zero-order chi connectivity index (χ0) is 15.7. The molecule has 22 heavy (non-hydrogen) atoms. The Morgan fingerprint density at radius 3 is 1.55 bits per heavy atom. The van der Waals surface area contributed by atoms with E-state index in [9.17, 15) is 15.3 Å². The van der Waals surface area contributed by atoms with Crippen LogP contribution in [0.15, 0.2) is 60.7 Å². The van der Waals surface area contributed by atoms with Gasteiger partial charge in [-0.2, -0.15) is 0 Å². The van der Waals surface area contributed by atoms with Gasteiger partial charge >= 0.3 is 0 Å². The third kappa shape index (κ3) is 2.61. The van der Waals surface area contributed by atoms with E-state index >= 15 is 0 Å². The summed E-state index contributed by atoms with van der Waals surface area (Å²) in [5, 5.41) is 29.1. The van der Waals surface area contributed by atoms with Gasteiger partial charge in [0.25, 0.3) is 0 Å². The number of aromatic hydroxyl groups is 3. The first-order chi connectivity index (χ1) is 10.5. The number of benzene rings is 3. The molecule has 0 unspecified atom stereocenters. The second-order valence-corrected chi connectivity index (χ2v) is 5.28. The molecule has 3 N–H and O–H groups in total. The van der Waals surface area contributed by atoms with Crippen molar-refractivity contribution >= 4 is 0 Å². The molecule has 0 bridgehead atoms. The molecule has 0 saturated carbocycles. The molecule has 0 saturated heterocycles. The van der Waals surface area contributed by atoms with Gasteiger partial charge in [-0.1, -0.05) is 24.3 Å². The van der Waals surface area contributed by atoms with E-state index in [4.69, 9.17) is 0 Å². The molecule has 0 aliphatic carbocycles. The molecule has 0 aliphatic heterocycles. The van der Waals surface area contributed by atoms with Crippen LogP contribution in [0.1, 0.15) is 5.56 Å². The molecule has 0 aliphatic rings. The highest BCUT2D eigenvalue weighted by atomic mass is 16.3. The van der Waals surface area contributed by atoms with Gasteiger partial charge in [-0.15, -0.1) is 0 Å². The van der Waals surface area contributed by atoms with Crippen LogP contribution in [-0.4, -0.2) is 15.3 Å². The molecule has 3 nitrogen and oxygen atoms in total. The Labute approximate surface area is 128 Å². The first kappa shape index (κ1) is 14.0. The van der Waals surface area contributed by atoms with Gasteiger partial charge in [-0.3, -0.25) is 0 Å². The van der Waals surface area contributed by atoms with Crippen LogP contribution < -0.4 is 0 Å². The minimum absolute atomic E-state index is 0.180. The highest BCUT2D eigenvalue weighted by Gasteiger charge is 2.10. The summed E-state index contributed by atoms with van der Waals surface area (Å²) < 4.78 is 0. The van der Waals surface area contributed by atoms with Crippen molar-refractivity contribution < 1.29 is 15.3 Å². The van der Waals surface area contributed by atoms with Crippen molar-refractivity contribution in [2.75, 3.05) is 0 Å². The largest absolute Gasteiger partial charge is 0.508 e. The summed E-state index contributed by atoms with van der Waals surface area (Å²) >= 11 is 0. The molecule has 3 aromatic carbocycles. The minimum atomic E-state index is 0.180. The normalized spacial score (nSPS) is 10.6. The predicted octanol–water partition coefficient (Wildman–Crippen LogP) is 4.45. The molecule has 0 spiro atoms. The van der Waals surface area contributed by atoms with Crippen LogP contribution in [0.2, 0.25) is 0 Å². The maximum atomic E-state index is 10.3. The van der Waals surface area contributed by atoms with Gasteiger partial charge in [-0.25, -0.2) is 0 Å². The Bertz CT molecular complexity index is 732. The van der Waals surface area contributed by atoms with Gasteiger partial charge in [0.05, 0.1) is 0 Å². The summed E-state index contributed by atoms with van der Waals surface area (Å²) in [6.07, 6.45) is 0. The quantitative estimate of drug-likeness (QED) is 0.654. The van der Waals surface area contributed by atoms with Crippen LogP contribution in [-0.2, 0) is 0 Å². The molecule has 3 rings (SSSR count). The molecule has 0 fully saturated rings. The monoisotopic (exact) mass is 292 g/mol. The number of hydrogen-bond donors (Lipinski definition) is 3. The van der Waals surface area contributed by atoms with E-state index in [-0.39, 0.29) is 17.2 Å². The summed E-state index contributed by atoms with van der Waals surface area (Å²) in [6.45, 7) is 1.98. The molecule has 0 atom stereocenters. The molecule has 0 heterocycles. The van der Waals surface area contributed by atoms with Crippen molar-refractivity contribution in [3.05, 3.63) is 66.2 Å². The Morgan fingerprint density at radius 1 is 0.591 bits per heavy atom. The van der Waals surface area contributed by atoms with Crippen LogP contribution >= 0.6 is 0 Å². The van der Waals surface area contributed by atoms with Crippen molar-refractivity contribution in [1.29, 1.82) is 0 Å². The average Bonchev–Trinajstić information content (AvgIpc) is 2.51. The highest BCUT2D eigenvalue weighted by Crippen LogP contribution is 2.36. The van der Waals surface area contributed by atoms with E-state index < -0.39 is 0 Å². The van der Waals surface area contributed by atoms with Gasteiger partial charge in [0, 0.05) is 5.56 Å². The topological polar surface area (TPSA) is 60.7 Å². The summed E-state index contributed by atoms with van der Waals surface area (Å²) in [6, 6.07) is 17.3. The Morgan fingerprint density at radius 2 is 1.05 bits per heavy atom. The lowest BCUT2D eigenvalue weighted by molar-refractivity contribution is 0.474. The third-order valence-electron chi connectivity index (χ3n) is 3.70. The maximum Gasteiger partial charge on any atom is 0.124 e. The molecule has 0 aromatic heterocycles. The average molecular weight is 292 g/mol. The van der Waals surface area contributed by atoms with E-state index in [1.165, 1.54) is 0 Å². The number of phenolic OH excluding ortho intramolecular Hbond substituents is 3. The molecule has 0 amide bonds. The van der Waals surface area contributed by atoms with Gasteiger partial charge in [-0.05, 0) is 65.6 Å². The first-order valence-corrected chi connectivity index (χ1v) is 6.97. The number of hydrogen-bond acceptors (Lipinski definition) is 3.